The van der Waals surface area contributed by atoms with E-state index in [4.69, 9.17) is 14.0 Å². The molecule has 2 aromatic rings. The van der Waals surface area contributed by atoms with Crippen LogP contribution < -0.4 is 14.8 Å². The second-order valence-corrected chi connectivity index (χ2v) is 4.73. The minimum Gasteiger partial charge on any atom is -0.494 e. The van der Waals surface area contributed by atoms with E-state index in [0.29, 0.717) is 30.4 Å². The van der Waals surface area contributed by atoms with Gasteiger partial charge in [-0.3, -0.25) is 4.79 Å². The van der Waals surface area contributed by atoms with Crippen LogP contribution >= 0.6 is 0 Å². The summed E-state index contributed by atoms with van der Waals surface area (Å²) in [6.07, 6.45) is -0.0643. The van der Waals surface area contributed by atoms with Gasteiger partial charge in [0.15, 0.2) is 11.9 Å². The molecule has 1 aromatic carbocycles. The van der Waals surface area contributed by atoms with Crippen LogP contribution in [0, 0.1) is 6.92 Å². The van der Waals surface area contributed by atoms with E-state index < -0.39 is 6.10 Å². The van der Waals surface area contributed by atoms with Crippen LogP contribution in [0.5, 0.6) is 11.5 Å². The van der Waals surface area contributed by atoms with Crippen molar-refractivity contribution < 1.29 is 18.8 Å². The molecule has 0 fully saturated rings. The molecule has 2 rings (SSSR count). The summed E-state index contributed by atoms with van der Waals surface area (Å²) in [5, 5.41) is 6.40. The van der Waals surface area contributed by atoms with Crippen LogP contribution in [0.2, 0.25) is 0 Å². The van der Waals surface area contributed by atoms with Crippen LogP contribution in [-0.2, 0) is 4.79 Å². The van der Waals surface area contributed by atoms with E-state index in [1.165, 1.54) is 0 Å². The number of benzene rings is 1. The molecule has 1 heterocycles. The molecule has 0 radical (unpaired) electrons. The number of carbonyl (C=O) groups is 1. The van der Waals surface area contributed by atoms with Gasteiger partial charge in [0.25, 0.3) is 5.91 Å². The van der Waals surface area contributed by atoms with E-state index in [2.05, 4.69) is 10.5 Å². The van der Waals surface area contributed by atoms with Crippen molar-refractivity contribution in [2.75, 3.05) is 11.9 Å². The molecule has 118 valence electrons. The molecule has 22 heavy (non-hydrogen) atoms. The maximum atomic E-state index is 12.2. The highest BCUT2D eigenvalue weighted by atomic mass is 16.5. The molecule has 1 unspecified atom stereocenters. The first-order chi connectivity index (χ1) is 10.6. The predicted octanol–water partition coefficient (Wildman–Crippen LogP) is 3.18. The number of hydrogen-bond acceptors (Lipinski definition) is 5. The molecule has 0 bridgehead atoms. The molecule has 6 heteroatoms. The first-order valence-corrected chi connectivity index (χ1v) is 7.26. The van der Waals surface area contributed by atoms with Crippen LogP contribution in [0.15, 0.2) is 34.9 Å². The lowest BCUT2D eigenvalue weighted by Crippen LogP contribution is -2.32. The summed E-state index contributed by atoms with van der Waals surface area (Å²) in [5.74, 6) is 2.14. The van der Waals surface area contributed by atoms with E-state index in [0.717, 1.165) is 5.75 Å². The third-order valence-corrected chi connectivity index (χ3v) is 2.96. The van der Waals surface area contributed by atoms with Gasteiger partial charge in [-0.15, -0.1) is 0 Å². The Morgan fingerprint density at radius 2 is 1.95 bits per heavy atom. The lowest BCUT2D eigenvalue weighted by atomic mass is 10.2. The van der Waals surface area contributed by atoms with Crippen molar-refractivity contribution in [2.45, 2.75) is 33.3 Å². The van der Waals surface area contributed by atoms with E-state index in [1.54, 1.807) is 25.1 Å². The molecular weight excluding hydrogens is 284 g/mol. The maximum absolute atomic E-state index is 12.2. The molecular formula is C16H20N2O4. The molecule has 0 saturated heterocycles. The topological polar surface area (TPSA) is 73.6 Å². The number of aromatic nitrogens is 1. The van der Waals surface area contributed by atoms with Gasteiger partial charge in [-0.05, 0) is 44.5 Å². The number of rotatable bonds is 7. The Morgan fingerprint density at radius 3 is 2.50 bits per heavy atom. The van der Waals surface area contributed by atoms with Gasteiger partial charge in [0.2, 0.25) is 0 Å². The van der Waals surface area contributed by atoms with E-state index in [-0.39, 0.29) is 5.91 Å². The number of anilines is 1. The fraction of sp³-hybridized carbons (Fsp3) is 0.375. The smallest absolute Gasteiger partial charge is 0.266 e. The average Bonchev–Trinajstić information content (AvgIpc) is 2.91. The quantitative estimate of drug-likeness (QED) is 0.850. The number of amides is 1. The highest BCUT2D eigenvalue weighted by Gasteiger charge is 2.19. The van der Waals surface area contributed by atoms with Crippen molar-refractivity contribution >= 4 is 11.7 Å². The SMILES string of the molecule is CCOc1ccc(OC(CC)C(=O)Nc2cc(C)on2)cc1. The minimum absolute atomic E-state index is 0.260. The molecule has 0 aliphatic carbocycles. The standard InChI is InChI=1S/C16H20N2O4/c1-4-14(16(19)17-15-10-11(3)22-18-15)21-13-8-6-12(7-9-13)20-5-2/h6-10,14H,4-5H2,1-3H3,(H,17,18,19). The van der Waals surface area contributed by atoms with Gasteiger partial charge >= 0.3 is 0 Å². The van der Waals surface area contributed by atoms with Crippen molar-refractivity contribution in [1.82, 2.24) is 5.16 Å². The summed E-state index contributed by atoms with van der Waals surface area (Å²) < 4.78 is 16.0. The normalized spacial score (nSPS) is 11.8. The van der Waals surface area contributed by atoms with Crippen LogP contribution in [-0.4, -0.2) is 23.8 Å². The van der Waals surface area contributed by atoms with Gasteiger partial charge < -0.3 is 19.3 Å². The largest absolute Gasteiger partial charge is 0.494 e. The first-order valence-electron chi connectivity index (χ1n) is 7.26. The Bertz CT molecular complexity index is 607. The average molecular weight is 304 g/mol. The zero-order valence-corrected chi connectivity index (χ0v) is 13.0. The second kappa shape index (κ2) is 7.49. The van der Waals surface area contributed by atoms with E-state index in [9.17, 15) is 4.79 Å². The molecule has 0 spiro atoms. The molecule has 0 aliphatic heterocycles. The number of aryl methyl sites for hydroxylation is 1. The van der Waals surface area contributed by atoms with Gasteiger partial charge in [-0.25, -0.2) is 0 Å². The third kappa shape index (κ3) is 4.25. The predicted molar refractivity (Wildman–Crippen MR) is 82.2 cm³/mol. The molecule has 1 amide bonds. The van der Waals surface area contributed by atoms with Crippen molar-refractivity contribution in [1.29, 1.82) is 0 Å². The van der Waals surface area contributed by atoms with Crippen molar-refractivity contribution in [2.24, 2.45) is 0 Å². The van der Waals surface area contributed by atoms with Gasteiger partial charge in [0.1, 0.15) is 17.3 Å². The molecule has 1 aromatic heterocycles. The van der Waals surface area contributed by atoms with Gasteiger partial charge in [0, 0.05) is 6.07 Å². The highest BCUT2D eigenvalue weighted by Crippen LogP contribution is 2.20. The van der Waals surface area contributed by atoms with E-state index >= 15 is 0 Å². The number of ether oxygens (including phenoxy) is 2. The lowest BCUT2D eigenvalue weighted by Gasteiger charge is -2.16. The summed E-state index contributed by atoms with van der Waals surface area (Å²) in [4.78, 5) is 12.2. The van der Waals surface area contributed by atoms with Crippen LogP contribution in [0.4, 0.5) is 5.82 Å². The third-order valence-electron chi connectivity index (χ3n) is 2.96. The van der Waals surface area contributed by atoms with Gasteiger partial charge in [-0.1, -0.05) is 12.1 Å². The Kier molecular flexibility index (Phi) is 5.41. The summed E-state index contributed by atoms with van der Waals surface area (Å²) in [6, 6.07) is 8.83. The Balaban J connectivity index is 1.97. The molecule has 0 saturated carbocycles. The van der Waals surface area contributed by atoms with Crippen LogP contribution in [0.3, 0.4) is 0 Å². The molecule has 1 atom stereocenters. The Morgan fingerprint density at radius 1 is 1.27 bits per heavy atom. The number of nitrogens with one attached hydrogen (secondary N) is 1. The highest BCUT2D eigenvalue weighted by molar-refractivity contribution is 5.93. The first kappa shape index (κ1) is 15.9. The van der Waals surface area contributed by atoms with Crippen LogP contribution in [0.25, 0.3) is 0 Å². The summed E-state index contributed by atoms with van der Waals surface area (Å²) >= 11 is 0. The molecule has 6 nitrogen and oxygen atoms in total. The Labute approximate surface area is 129 Å². The van der Waals surface area contributed by atoms with Crippen molar-refractivity contribution in [3.8, 4) is 11.5 Å². The molecule has 1 N–H and O–H groups in total. The summed E-state index contributed by atoms with van der Waals surface area (Å²) in [7, 11) is 0. The zero-order chi connectivity index (χ0) is 15.9. The number of carbonyl (C=O) groups excluding carboxylic acids is 1. The summed E-state index contributed by atoms with van der Waals surface area (Å²) in [6.45, 7) is 6.17. The Hall–Kier alpha value is -2.50. The fourth-order valence-corrected chi connectivity index (χ4v) is 1.90. The maximum Gasteiger partial charge on any atom is 0.266 e. The van der Waals surface area contributed by atoms with Crippen molar-refractivity contribution in [3.63, 3.8) is 0 Å². The fourth-order valence-electron chi connectivity index (χ4n) is 1.90. The zero-order valence-electron chi connectivity index (χ0n) is 13.0. The lowest BCUT2D eigenvalue weighted by molar-refractivity contribution is -0.122. The van der Waals surface area contributed by atoms with Gasteiger partial charge in [0.05, 0.1) is 6.61 Å². The van der Waals surface area contributed by atoms with Gasteiger partial charge in [-0.2, -0.15) is 0 Å². The minimum atomic E-state index is -0.602. The van der Waals surface area contributed by atoms with E-state index in [1.807, 2.05) is 26.0 Å². The summed E-state index contributed by atoms with van der Waals surface area (Å²) in [5.41, 5.74) is 0. The number of hydrogen-bond donors (Lipinski definition) is 1. The number of nitrogens with zero attached hydrogens (tertiary/aromatic N) is 1. The second-order valence-electron chi connectivity index (χ2n) is 4.73. The monoisotopic (exact) mass is 304 g/mol. The van der Waals surface area contributed by atoms with Crippen LogP contribution in [0.1, 0.15) is 26.0 Å². The van der Waals surface area contributed by atoms with Crippen molar-refractivity contribution in [3.05, 3.63) is 36.1 Å². The molecule has 0 aliphatic rings.